The highest BCUT2D eigenvalue weighted by Crippen LogP contribution is 2.38. The van der Waals surface area contributed by atoms with Crippen molar-refractivity contribution in [3.63, 3.8) is 0 Å². The van der Waals surface area contributed by atoms with E-state index in [1.54, 1.807) is 18.9 Å². The molecule has 0 fully saturated rings. The number of benzene rings is 2. The van der Waals surface area contributed by atoms with E-state index < -0.39 is 0 Å². The number of aromatic nitrogens is 1. The van der Waals surface area contributed by atoms with Crippen LogP contribution in [0.15, 0.2) is 52.3 Å². The molecule has 5 heteroatoms. The highest BCUT2D eigenvalue weighted by molar-refractivity contribution is 7.99. The Labute approximate surface area is 158 Å². The van der Waals surface area contributed by atoms with Gasteiger partial charge in [0.2, 0.25) is 0 Å². The fourth-order valence-electron chi connectivity index (χ4n) is 2.67. The molecule has 1 aromatic heterocycles. The molecule has 26 heavy (non-hydrogen) atoms. The Kier molecular flexibility index (Phi) is 5.57. The Morgan fingerprint density at radius 3 is 2.62 bits per heavy atom. The molecule has 4 nitrogen and oxygen atoms in total. The van der Waals surface area contributed by atoms with Crippen LogP contribution in [0.5, 0.6) is 5.75 Å². The predicted octanol–water partition coefficient (Wildman–Crippen LogP) is 5.16. The lowest BCUT2D eigenvalue weighted by Gasteiger charge is -2.11. The van der Waals surface area contributed by atoms with Crippen molar-refractivity contribution < 1.29 is 9.53 Å². The number of carbonyl (C=O) groups excluding carboxylic acids is 1. The number of fused-ring (bicyclic) bond motifs is 1. The number of rotatable bonds is 6. The summed E-state index contributed by atoms with van der Waals surface area (Å²) in [5, 5.41) is 4.08. The number of amides is 1. The molecule has 1 amide bonds. The quantitative estimate of drug-likeness (QED) is 0.631. The Bertz CT molecular complexity index is 916. The number of H-pyrrole nitrogens is 1. The largest absolute Gasteiger partial charge is 0.497 e. The number of carbonyl (C=O) groups is 1. The fraction of sp³-hybridized carbons (Fsp3) is 0.286. The Morgan fingerprint density at radius 1 is 1.23 bits per heavy atom. The summed E-state index contributed by atoms with van der Waals surface area (Å²) in [5.74, 6) is 0.684. The molecule has 1 atom stereocenters. The maximum absolute atomic E-state index is 12.8. The van der Waals surface area contributed by atoms with Crippen molar-refractivity contribution in [2.45, 2.75) is 43.0 Å². The minimum absolute atomic E-state index is 0.0795. The van der Waals surface area contributed by atoms with Gasteiger partial charge < -0.3 is 15.0 Å². The van der Waals surface area contributed by atoms with E-state index in [-0.39, 0.29) is 11.9 Å². The molecule has 0 aliphatic heterocycles. The van der Waals surface area contributed by atoms with Gasteiger partial charge in [-0.15, -0.1) is 0 Å². The van der Waals surface area contributed by atoms with Crippen LogP contribution in [0.3, 0.4) is 0 Å². The summed E-state index contributed by atoms with van der Waals surface area (Å²) in [5.41, 5.74) is 2.71. The fourth-order valence-corrected chi connectivity index (χ4v) is 3.71. The van der Waals surface area contributed by atoms with Crippen LogP contribution in [0.4, 0.5) is 0 Å². The van der Waals surface area contributed by atoms with Crippen molar-refractivity contribution in [1.82, 2.24) is 10.3 Å². The summed E-state index contributed by atoms with van der Waals surface area (Å²) in [6, 6.07) is 14.3. The number of aromatic amines is 1. The van der Waals surface area contributed by atoms with E-state index in [4.69, 9.17) is 4.74 Å². The van der Waals surface area contributed by atoms with E-state index in [9.17, 15) is 4.79 Å². The van der Waals surface area contributed by atoms with Crippen molar-refractivity contribution >= 4 is 28.6 Å². The molecule has 2 N–H and O–H groups in total. The zero-order chi connectivity index (χ0) is 18.7. The number of ether oxygens (including phenoxy) is 1. The summed E-state index contributed by atoms with van der Waals surface area (Å²) < 4.78 is 5.32. The van der Waals surface area contributed by atoms with Gasteiger partial charge in [0.05, 0.1) is 17.5 Å². The lowest BCUT2D eigenvalue weighted by Crippen LogP contribution is -2.32. The second-order valence-corrected chi connectivity index (χ2v) is 7.52. The third-order valence-corrected chi connectivity index (χ3v) is 5.55. The van der Waals surface area contributed by atoms with E-state index in [0.717, 1.165) is 32.9 Å². The van der Waals surface area contributed by atoms with Crippen molar-refractivity contribution in [3.8, 4) is 5.75 Å². The van der Waals surface area contributed by atoms with Crippen molar-refractivity contribution in [2.75, 3.05) is 7.11 Å². The minimum atomic E-state index is -0.0795. The van der Waals surface area contributed by atoms with Gasteiger partial charge in [-0.05, 0) is 44.5 Å². The maximum Gasteiger partial charge on any atom is 0.269 e. The number of hydrogen-bond donors (Lipinski definition) is 2. The van der Waals surface area contributed by atoms with E-state index >= 15 is 0 Å². The van der Waals surface area contributed by atoms with Gasteiger partial charge in [-0.25, -0.2) is 0 Å². The van der Waals surface area contributed by atoms with E-state index in [1.807, 2.05) is 25.1 Å². The van der Waals surface area contributed by atoms with Gasteiger partial charge in [-0.2, -0.15) is 0 Å². The summed E-state index contributed by atoms with van der Waals surface area (Å²) in [6.07, 6.45) is 0.889. The Hall–Kier alpha value is -2.40. The van der Waals surface area contributed by atoms with Gasteiger partial charge in [-0.1, -0.05) is 36.4 Å². The van der Waals surface area contributed by atoms with Gasteiger partial charge >= 0.3 is 0 Å². The first-order chi connectivity index (χ1) is 12.5. The molecule has 0 saturated carbocycles. The molecule has 0 aliphatic rings. The molecule has 3 aromatic rings. The second kappa shape index (κ2) is 7.87. The van der Waals surface area contributed by atoms with Gasteiger partial charge in [0, 0.05) is 22.4 Å². The van der Waals surface area contributed by atoms with Gasteiger partial charge in [0.25, 0.3) is 5.91 Å². The zero-order valence-electron chi connectivity index (χ0n) is 15.6. The van der Waals surface area contributed by atoms with Crippen molar-refractivity contribution in [1.29, 1.82) is 0 Å². The van der Waals surface area contributed by atoms with E-state index in [0.29, 0.717) is 5.69 Å². The molecular formula is C21H24N2O2S. The maximum atomic E-state index is 12.8. The molecule has 0 aliphatic carbocycles. The first kappa shape index (κ1) is 18.4. The predicted molar refractivity (Wildman–Crippen MR) is 107 cm³/mol. The summed E-state index contributed by atoms with van der Waals surface area (Å²) in [7, 11) is 1.64. The first-order valence-electron chi connectivity index (χ1n) is 8.77. The highest BCUT2D eigenvalue weighted by Gasteiger charge is 2.20. The summed E-state index contributed by atoms with van der Waals surface area (Å²) in [4.78, 5) is 18.1. The molecular weight excluding hydrogens is 344 g/mol. The average molecular weight is 369 g/mol. The molecule has 0 unspecified atom stereocenters. The Morgan fingerprint density at radius 2 is 1.96 bits per heavy atom. The molecule has 3 rings (SSSR count). The molecule has 0 radical (unpaired) electrons. The van der Waals surface area contributed by atoms with Crippen LogP contribution < -0.4 is 10.1 Å². The molecule has 1 heterocycles. The van der Waals surface area contributed by atoms with Gasteiger partial charge in [-0.3, -0.25) is 4.79 Å². The van der Waals surface area contributed by atoms with Crippen LogP contribution in [0, 0.1) is 6.92 Å². The second-order valence-electron chi connectivity index (χ2n) is 6.44. The summed E-state index contributed by atoms with van der Waals surface area (Å²) >= 11 is 1.60. The SMILES string of the molecule is CC[C@H](C)NC(=O)c1[nH]c2cc(OC)ccc2c1Sc1ccc(C)cc1. The van der Waals surface area contributed by atoms with Crippen LogP contribution in [0.2, 0.25) is 0 Å². The number of nitrogens with one attached hydrogen (secondary N) is 2. The number of methoxy groups -OCH3 is 1. The molecule has 0 saturated heterocycles. The molecule has 136 valence electrons. The number of hydrogen-bond acceptors (Lipinski definition) is 3. The minimum Gasteiger partial charge on any atom is -0.497 e. The van der Waals surface area contributed by atoms with Crippen molar-refractivity contribution in [2.24, 2.45) is 0 Å². The monoisotopic (exact) mass is 368 g/mol. The Balaban J connectivity index is 2.05. The van der Waals surface area contributed by atoms with Crippen LogP contribution >= 0.6 is 11.8 Å². The van der Waals surface area contributed by atoms with Crippen LogP contribution in [0.1, 0.15) is 36.3 Å². The van der Waals surface area contributed by atoms with Crippen LogP contribution in [-0.2, 0) is 0 Å². The lowest BCUT2D eigenvalue weighted by molar-refractivity contribution is 0.0932. The zero-order valence-corrected chi connectivity index (χ0v) is 16.4. The molecule has 0 spiro atoms. The lowest BCUT2D eigenvalue weighted by atomic mass is 10.2. The smallest absolute Gasteiger partial charge is 0.269 e. The summed E-state index contributed by atoms with van der Waals surface area (Å²) in [6.45, 7) is 6.14. The first-order valence-corrected chi connectivity index (χ1v) is 9.58. The third kappa shape index (κ3) is 3.88. The van der Waals surface area contributed by atoms with Crippen molar-refractivity contribution in [3.05, 3.63) is 53.7 Å². The average Bonchev–Trinajstić information content (AvgIpc) is 3.01. The van der Waals surface area contributed by atoms with E-state index in [2.05, 4.69) is 48.4 Å². The standard InChI is InChI=1S/C21H24N2O2S/c1-5-14(3)22-21(24)19-20(26-16-9-6-13(2)7-10-16)17-11-8-15(25-4)12-18(17)23-19/h6-12,14,23H,5H2,1-4H3,(H,22,24)/t14-/m0/s1. The van der Waals surface area contributed by atoms with Gasteiger partial charge in [0.15, 0.2) is 0 Å². The van der Waals surface area contributed by atoms with E-state index in [1.165, 1.54) is 5.56 Å². The van der Waals surface area contributed by atoms with Crippen LogP contribution in [-0.4, -0.2) is 24.0 Å². The third-order valence-electron chi connectivity index (χ3n) is 4.42. The van der Waals surface area contributed by atoms with Crippen LogP contribution in [0.25, 0.3) is 10.9 Å². The normalized spacial score (nSPS) is 12.2. The molecule has 2 aromatic carbocycles. The highest BCUT2D eigenvalue weighted by atomic mass is 32.2. The number of aryl methyl sites for hydroxylation is 1. The van der Waals surface area contributed by atoms with Gasteiger partial charge in [0.1, 0.15) is 11.4 Å². The topological polar surface area (TPSA) is 54.1 Å². The molecule has 0 bridgehead atoms.